The highest BCUT2D eigenvalue weighted by atomic mass is 32.1. The molecule has 1 aliphatic rings. The molecule has 2 heterocycles. The Bertz CT molecular complexity index is 374. The second-order valence-corrected chi connectivity index (χ2v) is 6.09. The Balaban J connectivity index is 1.61. The minimum atomic E-state index is 0.0301. The van der Waals surface area contributed by atoms with Gasteiger partial charge in [0.05, 0.1) is 6.04 Å². The molecule has 106 valence electrons. The molecule has 0 aromatic carbocycles. The molecule has 1 fully saturated rings. The zero-order valence-electron chi connectivity index (χ0n) is 11.6. The number of hydrogen-bond acceptors (Lipinski definition) is 4. The van der Waals surface area contributed by atoms with E-state index in [1.54, 1.807) is 17.5 Å². The summed E-state index contributed by atoms with van der Waals surface area (Å²) in [7, 11) is 0. The van der Waals surface area contributed by atoms with Gasteiger partial charge >= 0.3 is 0 Å². The summed E-state index contributed by atoms with van der Waals surface area (Å²) in [5.41, 5.74) is 0. The van der Waals surface area contributed by atoms with E-state index in [9.17, 15) is 4.79 Å². The Hall–Kier alpha value is -0.940. The van der Waals surface area contributed by atoms with Crippen LogP contribution >= 0.6 is 11.3 Å². The SMILES string of the molecule is C[C@H](NC(=O)CCCN1CCCCC1)c1nccs1. The number of nitrogens with one attached hydrogen (secondary N) is 1. The van der Waals surface area contributed by atoms with Crippen molar-refractivity contribution in [2.45, 2.75) is 45.1 Å². The van der Waals surface area contributed by atoms with E-state index in [1.807, 2.05) is 12.3 Å². The maximum absolute atomic E-state index is 11.8. The lowest BCUT2D eigenvalue weighted by atomic mass is 10.1. The van der Waals surface area contributed by atoms with E-state index >= 15 is 0 Å². The topological polar surface area (TPSA) is 45.2 Å². The van der Waals surface area contributed by atoms with E-state index in [0.717, 1.165) is 18.0 Å². The van der Waals surface area contributed by atoms with Crippen LogP contribution in [0.4, 0.5) is 0 Å². The van der Waals surface area contributed by atoms with Gasteiger partial charge in [0, 0.05) is 18.0 Å². The van der Waals surface area contributed by atoms with Gasteiger partial charge in [-0.2, -0.15) is 0 Å². The second-order valence-electron chi connectivity index (χ2n) is 5.17. The van der Waals surface area contributed by atoms with Crippen molar-refractivity contribution >= 4 is 17.2 Å². The Morgan fingerprint density at radius 2 is 2.26 bits per heavy atom. The van der Waals surface area contributed by atoms with Gasteiger partial charge in [0.15, 0.2) is 0 Å². The summed E-state index contributed by atoms with van der Waals surface area (Å²) in [5.74, 6) is 0.139. The summed E-state index contributed by atoms with van der Waals surface area (Å²) >= 11 is 1.59. The summed E-state index contributed by atoms with van der Waals surface area (Å²) < 4.78 is 0. The molecule has 0 spiro atoms. The molecule has 1 atom stereocenters. The minimum Gasteiger partial charge on any atom is -0.347 e. The fourth-order valence-electron chi connectivity index (χ4n) is 2.47. The molecule has 1 aromatic heterocycles. The molecule has 1 amide bonds. The van der Waals surface area contributed by atoms with Crippen molar-refractivity contribution in [3.05, 3.63) is 16.6 Å². The summed E-state index contributed by atoms with van der Waals surface area (Å²) in [4.78, 5) is 18.5. The lowest BCUT2D eigenvalue weighted by Crippen LogP contribution is -2.32. The van der Waals surface area contributed by atoms with Crippen LogP contribution in [0.1, 0.15) is 50.1 Å². The summed E-state index contributed by atoms with van der Waals surface area (Å²) in [6, 6.07) is 0.0301. The quantitative estimate of drug-likeness (QED) is 0.871. The van der Waals surface area contributed by atoms with Gasteiger partial charge in [0.1, 0.15) is 5.01 Å². The van der Waals surface area contributed by atoms with Crippen LogP contribution in [0.3, 0.4) is 0 Å². The third-order valence-electron chi connectivity index (χ3n) is 3.53. The first-order chi connectivity index (χ1) is 9.25. The number of likely N-dealkylation sites (tertiary alicyclic amines) is 1. The Morgan fingerprint density at radius 1 is 1.47 bits per heavy atom. The molecule has 0 unspecified atom stereocenters. The van der Waals surface area contributed by atoms with Crippen molar-refractivity contribution in [2.24, 2.45) is 0 Å². The molecule has 0 aliphatic carbocycles. The number of piperidine rings is 1. The molecular weight excluding hydrogens is 258 g/mol. The smallest absolute Gasteiger partial charge is 0.220 e. The van der Waals surface area contributed by atoms with Gasteiger partial charge in [0.2, 0.25) is 5.91 Å². The molecule has 0 bridgehead atoms. The average molecular weight is 281 g/mol. The van der Waals surface area contributed by atoms with Gasteiger partial charge in [0.25, 0.3) is 0 Å². The number of carbonyl (C=O) groups is 1. The predicted molar refractivity (Wildman–Crippen MR) is 78.2 cm³/mol. The Morgan fingerprint density at radius 3 is 2.95 bits per heavy atom. The molecule has 4 nitrogen and oxygen atoms in total. The van der Waals surface area contributed by atoms with Crippen LogP contribution in [0.5, 0.6) is 0 Å². The minimum absolute atomic E-state index is 0.0301. The van der Waals surface area contributed by atoms with Crippen LogP contribution in [0.15, 0.2) is 11.6 Å². The fourth-order valence-corrected chi connectivity index (χ4v) is 3.12. The van der Waals surface area contributed by atoms with Gasteiger partial charge in [-0.25, -0.2) is 4.98 Å². The number of nitrogens with zero attached hydrogens (tertiary/aromatic N) is 2. The van der Waals surface area contributed by atoms with E-state index in [1.165, 1.54) is 32.4 Å². The summed E-state index contributed by atoms with van der Waals surface area (Å²) in [6.45, 7) is 5.45. The predicted octanol–water partition coefficient (Wildman–Crippen LogP) is 2.59. The molecule has 1 aromatic rings. The first-order valence-electron chi connectivity index (χ1n) is 7.17. The van der Waals surface area contributed by atoms with Gasteiger partial charge in [-0.3, -0.25) is 4.79 Å². The zero-order valence-corrected chi connectivity index (χ0v) is 12.4. The van der Waals surface area contributed by atoms with Crippen molar-refractivity contribution in [3.63, 3.8) is 0 Å². The third-order valence-corrected chi connectivity index (χ3v) is 4.48. The van der Waals surface area contributed by atoms with Gasteiger partial charge < -0.3 is 10.2 Å². The molecule has 1 aliphatic heterocycles. The largest absolute Gasteiger partial charge is 0.347 e. The standard InChI is InChI=1S/C14H23N3OS/c1-12(14-15-7-11-19-14)16-13(18)6-5-10-17-8-3-2-4-9-17/h7,11-12H,2-6,8-10H2,1H3,(H,16,18)/t12-/m0/s1. The van der Waals surface area contributed by atoms with E-state index in [0.29, 0.717) is 6.42 Å². The molecule has 1 N–H and O–H groups in total. The van der Waals surface area contributed by atoms with Gasteiger partial charge in [-0.05, 0) is 45.8 Å². The molecule has 0 radical (unpaired) electrons. The Labute approximate surface area is 119 Å². The van der Waals surface area contributed by atoms with E-state index in [4.69, 9.17) is 0 Å². The van der Waals surface area contributed by atoms with E-state index < -0.39 is 0 Å². The van der Waals surface area contributed by atoms with Crippen LogP contribution in [-0.2, 0) is 4.79 Å². The lowest BCUT2D eigenvalue weighted by molar-refractivity contribution is -0.121. The van der Waals surface area contributed by atoms with Crippen LogP contribution < -0.4 is 5.32 Å². The van der Waals surface area contributed by atoms with Crippen molar-refractivity contribution in [1.82, 2.24) is 15.2 Å². The normalized spacial score (nSPS) is 18.2. The zero-order chi connectivity index (χ0) is 13.5. The maximum Gasteiger partial charge on any atom is 0.220 e. The third kappa shape index (κ3) is 4.91. The number of rotatable bonds is 6. The van der Waals surface area contributed by atoms with Crippen molar-refractivity contribution < 1.29 is 4.79 Å². The van der Waals surface area contributed by atoms with Crippen molar-refractivity contribution in [1.29, 1.82) is 0 Å². The highest BCUT2D eigenvalue weighted by Crippen LogP contribution is 2.15. The second kappa shape index (κ2) is 7.60. The number of amides is 1. The fraction of sp³-hybridized carbons (Fsp3) is 0.714. The van der Waals surface area contributed by atoms with Crippen LogP contribution in [0.25, 0.3) is 0 Å². The molecule has 0 saturated carbocycles. The molecular formula is C14H23N3OS. The average Bonchev–Trinajstić information content (AvgIpc) is 2.94. The van der Waals surface area contributed by atoms with Crippen LogP contribution in [0, 0.1) is 0 Å². The number of hydrogen-bond donors (Lipinski definition) is 1. The van der Waals surface area contributed by atoms with Gasteiger partial charge in [-0.15, -0.1) is 11.3 Å². The van der Waals surface area contributed by atoms with Crippen LogP contribution in [-0.4, -0.2) is 35.4 Å². The van der Waals surface area contributed by atoms with Gasteiger partial charge in [-0.1, -0.05) is 6.42 Å². The number of thiazole rings is 1. The maximum atomic E-state index is 11.8. The monoisotopic (exact) mass is 281 g/mol. The molecule has 5 heteroatoms. The summed E-state index contributed by atoms with van der Waals surface area (Å²) in [6.07, 6.45) is 7.34. The molecule has 2 rings (SSSR count). The summed E-state index contributed by atoms with van der Waals surface area (Å²) in [5, 5.41) is 5.93. The first-order valence-corrected chi connectivity index (χ1v) is 8.05. The van der Waals surface area contributed by atoms with E-state index in [-0.39, 0.29) is 11.9 Å². The number of carbonyl (C=O) groups excluding carboxylic acids is 1. The van der Waals surface area contributed by atoms with Crippen LogP contribution in [0.2, 0.25) is 0 Å². The van der Waals surface area contributed by atoms with Crippen molar-refractivity contribution in [3.8, 4) is 0 Å². The molecule has 1 saturated heterocycles. The van der Waals surface area contributed by atoms with E-state index in [2.05, 4.69) is 15.2 Å². The molecule has 19 heavy (non-hydrogen) atoms. The Kier molecular flexibility index (Phi) is 5.79. The highest BCUT2D eigenvalue weighted by molar-refractivity contribution is 7.09. The van der Waals surface area contributed by atoms with Crippen molar-refractivity contribution in [2.75, 3.05) is 19.6 Å². The first kappa shape index (κ1) is 14.5. The highest BCUT2D eigenvalue weighted by Gasteiger charge is 2.13. The lowest BCUT2D eigenvalue weighted by Gasteiger charge is -2.26. The number of aromatic nitrogens is 1.